The molecule has 94 valence electrons. The predicted molar refractivity (Wildman–Crippen MR) is 70.4 cm³/mol. The average molecular weight is 261 g/mol. The smallest absolute Gasteiger partial charge is 0.234 e. The van der Waals surface area contributed by atoms with Gasteiger partial charge in [-0.2, -0.15) is 9.61 Å². The van der Waals surface area contributed by atoms with Gasteiger partial charge in [0.25, 0.3) is 0 Å². The van der Waals surface area contributed by atoms with E-state index in [1.54, 1.807) is 11.3 Å². The van der Waals surface area contributed by atoms with Crippen molar-refractivity contribution in [3.05, 3.63) is 10.8 Å². The Morgan fingerprint density at radius 1 is 1.39 bits per heavy atom. The minimum absolute atomic E-state index is 0.536. The van der Waals surface area contributed by atoms with Gasteiger partial charge in [-0.1, -0.05) is 30.1 Å². The monoisotopic (exact) mass is 261 g/mol. The Morgan fingerprint density at radius 3 is 3.00 bits per heavy atom. The summed E-state index contributed by atoms with van der Waals surface area (Å²) in [5, 5.41) is 17.2. The SMILES string of the molecule is C#CCNCc1nn2c(C3CCCC3)nnc2s1. The summed E-state index contributed by atoms with van der Waals surface area (Å²) in [5.41, 5.74) is 0. The predicted octanol–water partition coefficient (Wildman–Crippen LogP) is 1.57. The van der Waals surface area contributed by atoms with Gasteiger partial charge in [-0.25, -0.2) is 0 Å². The lowest BCUT2D eigenvalue weighted by Crippen LogP contribution is -2.13. The highest BCUT2D eigenvalue weighted by atomic mass is 32.1. The molecule has 0 bridgehead atoms. The minimum atomic E-state index is 0.536. The molecule has 2 heterocycles. The van der Waals surface area contributed by atoms with Gasteiger partial charge in [-0.05, 0) is 12.8 Å². The molecular weight excluding hydrogens is 246 g/mol. The van der Waals surface area contributed by atoms with E-state index in [0.29, 0.717) is 19.0 Å². The van der Waals surface area contributed by atoms with Crippen LogP contribution in [0.2, 0.25) is 0 Å². The molecule has 2 aromatic rings. The third-order valence-corrected chi connectivity index (χ3v) is 4.18. The van der Waals surface area contributed by atoms with Gasteiger partial charge in [0.1, 0.15) is 5.01 Å². The van der Waals surface area contributed by atoms with Crippen LogP contribution in [0.3, 0.4) is 0 Å². The first-order valence-electron chi connectivity index (χ1n) is 6.23. The van der Waals surface area contributed by atoms with Gasteiger partial charge in [-0.15, -0.1) is 16.6 Å². The second-order valence-corrected chi connectivity index (χ2v) is 5.58. The van der Waals surface area contributed by atoms with Crippen molar-refractivity contribution in [3.63, 3.8) is 0 Å². The summed E-state index contributed by atoms with van der Waals surface area (Å²) in [4.78, 5) is 0.884. The van der Waals surface area contributed by atoms with Crippen LogP contribution in [-0.4, -0.2) is 26.4 Å². The molecule has 0 saturated heterocycles. The Bertz CT molecular complexity index is 573. The van der Waals surface area contributed by atoms with Crippen molar-refractivity contribution in [2.75, 3.05) is 6.54 Å². The summed E-state index contributed by atoms with van der Waals surface area (Å²) < 4.78 is 1.91. The lowest BCUT2D eigenvalue weighted by atomic mass is 10.1. The minimum Gasteiger partial charge on any atom is -0.300 e. The fourth-order valence-electron chi connectivity index (χ4n) is 2.42. The third-order valence-electron chi connectivity index (χ3n) is 3.28. The zero-order chi connectivity index (χ0) is 12.4. The summed E-state index contributed by atoms with van der Waals surface area (Å²) in [6.07, 6.45) is 10.2. The van der Waals surface area contributed by atoms with Gasteiger partial charge in [0, 0.05) is 5.92 Å². The van der Waals surface area contributed by atoms with Crippen molar-refractivity contribution < 1.29 is 0 Å². The number of nitrogens with zero attached hydrogens (tertiary/aromatic N) is 4. The van der Waals surface area contributed by atoms with Crippen LogP contribution in [0.25, 0.3) is 4.96 Å². The maximum Gasteiger partial charge on any atom is 0.234 e. The zero-order valence-electron chi connectivity index (χ0n) is 10.1. The van der Waals surface area contributed by atoms with E-state index in [4.69, 9.17) is 6.42 Å². The molecule has 3 rings (SSSR count). The number of hydrogen-bond donors (Lipinski definition) is 1. The second kappa shape index (κ2) is 5.04. The van der Waals surface area contributed by atoms with E-state index in [1.165, 1.54) is 25.7 Å². The molecule has 1 aliphatic rings. The van der Waals surface area contributed by atoms with Crippen LogP contribution >= 0.6 is 11.3 Å². The molecule has 0 spiro atoms. The molecule has 6 heteroatoms. The van der Waals surface area contributed by atoms with Crippen LogP contribution in [0, 0.1) is 12.3 Å². The maximum absolute atomic E-state index is 5.20. The van der Waals surface area contributed by atoms with Crippen molar-refractivity contribution in [1.29, 1.82) is 0 Å². The van der Waals surface area contributed by atoms with Crippen molar-refractivity contribution in [1.82, 2.24) is 25.1 Å². The lowest BCUT2D eigenvalue weighted by molar-refractivity contribution is 0.633. The number of terminal acetylenes is 1. The number of rotatable bonds is 4. The molecule has 2 aromatic heterocycles. The number of fused-ring (bicyclic) bond motifs is 1. The molecule has 1 aliphatic carbocycles. The Hall–Kier alpha value is -1.45. The largest absolute Gasteiger partial charge is 0.300 e. The van der Waals surface area contributed by atoms with Crippen molar-refractivity contribution in [2.45, 2.75) is 38.1 Å². The summed E-state index contributed by atoms with van der Waals surface area (Å²) in [5.74, 6) is 4.12. The van der Waals surface area contributed by atoms with Gasteiger partial charge < -0.3 is 0 Å². The van der Waals surface area contributed by atoms with Crippen LogP contribution in [0.5, 0.6) is 0 Å². The Labute approximate surface area is 110 Å². The normalized spacial score (nSPS) is 16.4. The van der Waals surface area contributed by atoms with E-state index in [0.717, 1.165) is 15.8 Å². The van der Waals surface area contributed by atoms with E-state index < -0.39 is 0 Å². The van der Waals surface area contributed by atoms with Crippen LogP contribution in [-0.2, 0) is 6.54 Å². The fraction of sp³-hybridized carbons (Fsp3) is 0.583. The quantitative estimate of drug-likeness (QED) is 0.670. The molecule has 0 atom stereocenters. The van der Waals surface area contributed by atoms with E-state index in [-0.39, 0.29) is 0 Å². The van der Waals surface area contributed by atoms with Crippen LogP contribution < -0.4 is 5.32 Å². The van der Waals surface area contributed by atoms with Gasteiger partial charge in [0.05, 0.1) is 13.1 Å². The first-order valence-corrected chi connectivity index (χ1v) is 7.05. The van der Waals surface area contributed by atoms with Crippen molar-refractivity contribution in [2.24, 2.45) is 0 Å². The van der Waals surface area contributed by atoms with E-state index >= 15 is 0 Å². The molecule has 1 saturated carbocycles. The summed E-state index contributed by atoms with van der Waals surface area (Å²) >= 11 is 1.57. The average Bonchev–Trinajstić information content (AvgIpc) is 3.03. The number of hydrogen-bond acceptors (Lipinski definition) is 5. The standard InChI is InChI=1S/C12H15N5S/c1-2-7-13-8-10-16-17-11(9-5-3-4-6-9)14-15-12(17)18-10/h1,9,13H,3-8H2. The zero-order valence-corrected chi connectivity index (χ0v) is 10.9. The summed E-state index contributed by atoms with van der Waals surface area (Å²) in [6.45, 7) is 1.26. The van der Waals surface area contributed by atoms with Gasteiger partial charge in [-0.3, -0.25) is 5.32 Å². The molecular formula is C12H15N5S. The van der Waals surface area contributed by atoms with Gasteiger partial charge in [0.2, 0.25) is 4.96 Å². The fourth-order valence-corrected chi connectivity index (χ4v) is 3.23. The van der Waals surface area contributed by atoms with E-state index in [9.17, 15) is 0 Å². The maximum atomic E-state index is 5.20. The molecule has 0 aromatic carbocycles. The first-order chi connectivity index (χ1) is 8.88. The molecule has 18 heavy (non-hydrogen) atoms. The van der Waals surface area contributed by atoms with Gasteiger partial charge in [0.15, 0.2) is 5.82 Å². The van der Waals surface area contributed by atoms with Crippen molar-refractivity contribution in [3.8, 4) is 12.3 Å². The first kappa shape index (κ1) is 11.6. The van der Waals surface area contributed by atoms with Crippen LogP contribution in [0.4, 0.5) is 0 Å². The topological polar surface area (TPSA) is 55.1 Å². The highest BCUT2D eigenvalue weighted by molar-refractivity contribution is 7.16. The molecule has 1 N–H and O–H groups in total. The highest BCUT2D eigenvalue weighted by Crippen LogP contribution is 2.33. The molecule has 1 fully saturated rings. The van der Waals surface area contributed by atoms with Gasteiger partial charge >= 0.3 is 0 Å². The molecule has 5 nitrogen and oxygen atoms in total. The third kappa shape index (κ3) is 2.11. The number of aromatic nitrogens is 4. The molecule has 0 radical (unpaired) electrons. The Kier molecular flexibility index (Phi) is 3.26. The van der Waals surface area contributed by atoms with Crippen molar-refractivity contribution >= 4 is 16.3 Å². The lowest BCUT2D eigenvalue weighted by Gasteiger charge is -2.03. The molecule has 0 amide bonds. The van der Waals surface area contributed by atoms with Crippen LogP contribution in [0.15, 0.2) is 0 Å². The summed E-state index contributed by atoms with van der Waals surface area (Å²) in [6, 6.07) is 0. The highest BCUT2D eigenvalue weighted by Gasteiger charge is 2.23. The van der Waals surface area contributed by atoms with E-state index in [2.05, 4.69) is 26.5 Å². The van der Waals surface area contributed by atoms with Crippen LogP contribution in [0.1, 0.15) is 42.4 Å². The Balaban J connectivity index is 1.81. The molecule has 0 aliphatic heterocycles. The Morgan fingerprint density at radius 2 is 2.22 bits per heavy atom. The summed E-state index contributed by atoms with van der Waals surface area (Å²) in [7, 11) is 0. The number of nitrogens with one attached hydrogen (secondary N) is 1. The second-order valence-electron chi connectivity index (χ2n) is 4.54. The molecule has 0 unspecified atom stereocenters. The van der Waals surface area contributed by atoms with E-state index in [1.807, 2.05) is 4.52 Å².